The van der Waals surface area contributed by atoms with Crippen LogP contribution in [-0.2, 0) is 11.2 Å². The van der Waals surface area contributed by atoms with Crippen LogP contribution < -0.4 is 10.6 Å². The number of hydrogen-bond acceptors (Lipinski definition) is 6. The first kappa shape index (κ1) is 21.6. The van der Waals surface area contributed by atoms with Crippen molar-refractivity contribution < 1.29 is 18.8 Å². The van der Waals surface area contributed by atoms with Gasteiger partial charge >= 0.3 is 17.9 Å². The van der Waals surface area contributed by atoms with E-state index < -0.39 is 18.0 Å². The summed E-state index contributed by atoms with van der Waals surface area (Å²) in [5.74, 6) is -0.876. The molecular weight excluding hydrogens is 431 g/mol. The first-order valence-corrected chi connectivity index (χ1v) is 9.78. The molecule has 156 valence electrons. The van der Waals surface area contributed by atoms with Crippen molar-refractivity contribution in [2.24, 2.45) is 0 Å². The second-order valence-corrected chi connectivity index (χ2v) is 7.04. The molecule has 30 heavy (non-hydrogen) atoms. The number of urea groups is 1. The summed E-state index contributed by atoms with van der Waals surface area (Å²) in [5, 5.41) is 10.5. The molecule has 0 radical (unpaired) electrons. The van der Waals surface area contributed by atoms with Gasteiger partial charge in [0.2, 0.25) is 0 Å². The van der Waals surface area contributed by atoms with Gasteiger partial charge in [-0.05, 0) is 48.9 Å². The number of ether oxygens (including phenoxy) is 1. The van der Waals surface area contributed by atoms with Gasteiger partial charge in [-0.15, -0.1) is 0 Å². The zero-order valence-corrected chi connectivity index (χ0v) is 17.4. The highest BCUT2D eigenvalue weighted by Crippen LogP contribution is 2.19. The Morgan fingerprint density at radius 1 is 1.07 bits per heavy atom. The lowest BCUT2D eigenvalue weighted by atomic mass is 10.1. The van der Waals surface area contributed by atoms with Gasteiger partial charge in [0.1, 0.15) is 0 Å². The Morgan fingerprint density at radius 2 is 1.70 bits per heavy atom. The monoisotopic (exact) mass is 448 g/mol. The van der Waals surface area contributed by atoms with Crippen LogP contribution in [0.25, 0.3) is 0 Å². The van der Waals surface area contributed by atoms with Crippen LogP contribution in [0.15, 0.2) is 53.1 Å². The van der Waals surface area contributed by atoms with Crippen LogP contribution in [0.3, 0.4) is 0 Å². The molecule has 0 spiro atoms. The van der Waals surface area contributed by atoms with E-state index in [0.717, 1.165) is 5.56 Å². The third kappa shape index (κ3) is 5.95. The number of carbonyl (C=O) groups is 2. The lowest BCUT2D eigenvalue weighted by Crippen LogP contribution is -2.34. The number of anilines is 1. The molecule has 2 aromatic carbocycles. The number of rotatable bonds is 7. The molecular formula is C20H18Cl2N4O4. The Labute approximate surface area is 182 Å². The van der Waals surface area contributed by atoms with E-state index in [1.165, 1.54) is 0 Å². The van der Waals surface area contributed by atoms with E-state index in [9.17, 15) is 9.59 Å². The van der Waals surface area contributed by atoms with Crippen molar-refractivity contribution in [1.82, 2.24) is 15.5 Å². The van der Waals surface area contributed by atoms with E-state index in [0.29, 0.717) is 22.2 Å². The van der Waals surface area contributed by atoms with Gasteiger partial charge in [-0.3, -0.25) is 0 Å². The topological polar surface area (TPSA) is 106 Å². The van der Waals surface area contributed by atoms with Crippen molar-refractivity contribution in [2.75, 3.05) is 11.9 Å². The van der Waals surface area contributed by atoms with Crippen LogP contribution in [0.2, 0.25) is 10.0 Å². The van der Waals surface area contributed by atoms with Crippen LogP contribution in [0, 0.1) is 0 Å². The number of nitrogens with zero attached hydrogens (tertiary/aromatic N) is 2. The van der Waals surface area contributed by atoms with Crippen LogP contribution in [0.1, 0.15) is 35.0 Å². The minimum absolute atomic E-state index is 0.138. The molecule has 0 aliphatic heterocycles. The predicted octanol–water partition coefficient (Wildman–Crippen LogP) is 4.66. The fourth-order valence-electron chi connectivity index (χ4n) is 2.57. The minimum Gasteiger partial charge on any atom is -0.459 e. The van der Waals surface area contributed by atoms with E-state index >= 15 is 0 Å². The Hall–Kier alpha value is -3.10. The second-order valence-electron chi connectivity index (χ2n) is 6.17. The van der Waals surface area contributed by atoms with Crippen molar-refractivity contribution >= 4 is 40.9 Å². The molecule has 10 heteroatoms. The number of hydrogen-bond donors (Lipinski definition) is 2. The smallest absolute Gasteiger partial charge is 0.397 e. The highest BCUT2D eigenvalue weighted by molar-refractivity contribution is 6.30. The standard InChI is InChI=1S/C20H18Cl2N4O4/c1-2-29-19(27)18-25-17(26-30-18)16(11-12-3-5-13(21)6-4-12)24-20(28)23-15-9-7-14(22)8-10-15/h3-10,16H,2,11H2,1H3,(H2,23,24,28)/t16-/m0/s1. The maximum Gasteiger partial charge on any atom is 0.397 e. The zero-order valence-electron chi connectivity index (χ0n) is 15.9. The molecule has 0 saturated carbocycles. The highest BCUT2D eigenvalue weighted by Gasteiger charge is 2.24. The summed E-state index contributed by atoms with van der Waals surface area (Å²) in [6, 6.07) is 12.6. The van der Waals surface area contributed by atoms with E-state index in [2.05, 4.69) is 20.8 Å². The molecule has 0 aliphatic carbocycles. The number of halogens is 2. The molecule has 0 unspecified atom stereocenters. The Kier molecular flexibility index (Phi) is 7.26. The molecule has 1 aromatic heterocycles. The normalized spacial score (nSPS) is 11.6. The van der Waals surface area contributed by atoms with Gasteiger partial charge in [0, 0.05) is 22.2 Å². The third-order valence-electron chi connectivity index (χ3n) is 3.96. The first-order chi connectivity index (χ1) is 14.4. The van der Waals surface area contributed by atoms with Crippen LogP contribution in [-0.4, -0.2) is 28.7 Å². The lowest BCUT2D eigenvalue weighted by Gasteiger charge is -2.16. The average molecular weight is 449 g/mol. The van der Waals surface area contributed by atoms with Crippen molar-refractivity contribution in [2.45, 2.75) is 19.4 Å². The maximum atomic E-state index is 12.5. The van der Waals surface area contributed by atoms with E-state index in [-0.39, 0.29) is 18.3 Å². The van der Waals surface area contributed by atoms with E-state index in [1.807, 2.05) is 12.1 Å². The molecule has 8 nitrogen and oxygen atoms in total. The van der Waals surface area contributed by atoms with Crippen LogP contribution in [0.4, 0.5) is 10.5 Å². The van der Waals surface area contributed by atoms with Gasteiger partial charge in [0.15, 0.2) is 5.82 Å². The number of aromatic nitrogens is 2. The summed E-state index contributed by atoms with van der Waals surface area (Å²) >= 11 is 11.8. The Morgan fingerprint density at radius 3 is 2.33 bits per heavy atom. The van der Waals surface area contributed by atoms with Gasteiger partial charge in [-0.25, -0.2) is 9.59 Å². The van der Waals surface area contributed by atoms with Gasteiger partial charge in [-0.2, -0.15) is 4.98 Å². The molecule has 0 aliphatic rings. The van der Waals surface area contributed by atoms with Crippen molar-refractivity contribution in [3.63, 3.8) is 0 Å². The molecule has 2 N–H and O–H groups in total. The number of nitrogens with one attached hydrogen (secondary N) is 2. The number of amides is 2. The molecule has 1 atom stereocenters. The third-order valence-corrected chi connectivity index (χ3v) is 4.47. The summed E-state index contributed by atoms with van der Waals surface area (Å²) in [5.41, 5.74) is 1.43. The number of carbonyl (C=O) groups excluding carboxylic acids is 2. The summed E-state index contributed by atoms with van der Waals surface area (Å²) < 4.78 is 9.85. The van der Waals surface area contributed by atoms with Gasteiger partial charge in [0.25, 0.3) is 0 Å². The Balaban J connectivity index is 1.78. The average Bonchev–Trinajstić information content (AvgIpc) is 3.21. The summed E-state index contributed by atoms with van der Waals surface area (Å²) in [6.07, 6.45) is 0.340. The summed E-state index contributed by atoms with van der Waals surface area (Å²) in [4.78, 5) is 28.4. The molecule has 3 aromatic rings. The molecule has 0 bridgehead atoms. The first-order valence-electron chi connectivity index (χ1n) is 9.03. The molecule has 0 fully saturated rings. The van der Waals surface area contributed by atoms with Crippen molar-refractivity contribution in [3.8, 4) is 0 Å². The van der Waals surface area contributed by atoms with E-state index in [1.54, 1.807) is 43.3 Å². The second kappa shape index (κ2) is 10.1. The quantitative estimate of drug-likeness (QED) is 0.509. The minimum atomic E-state index is -0.730. The summed E-state index contributed by atoms with van der Waals surface area (Å²) in [7, 11) is 0. The van der Waals surface area contributed by atoms with Crippen molar-refractivity contribution in [1.29, 1.82) is 0 Å². The fraction of sp³-hybridized carbons (Fsp3) is 0.200. The van der Waals surface area contributed by atoms with Crippen LogP contribution in [0.5, 0.6) is 0 Å². The van der Waals surface area contributed by atoms with E-state index in [4.69, 9.17) is 32.5 Å². The molecule has 1 heterocycles. The molecule has 2 amide bonds. The Bertz CT molecular complexity index is 1010. The zero-order chi connectivity index (χ0) is 21.5. The lowest BCUT2D eigenvalue weighted by molar-refractivity contribution is 0.0470. The molecule has 3 rings (SSSR count). The van der Waals surface area contributed by atoms with Crippen molar-refractivity contribution in [3.05, 3.63) is 75.9 Å². The fourth-order valence-corrected chi connectivity index (χ4v) is 2.83. The van der Waals surface area contributed by atoms with Gasteiger partial charge in [0.05, 0.1) is 12.6 Å². The maximum absolute atomic E-state index is 12.5. The number of benzene rings is 2. The van der Waals surface area contributed by atoms with Gasteiger partial charge in [-0.1, -0.05) is 40.5 Å². The molecule has 0 saturated heterocycles. The predicted molar refractivity (Wildman–Crippen MR) is 112 cm³/mol. The number of esters is 1. The largest absolute Gasteiger partial charge is 0.459 e. The van der Waals surface area contributed by atoms with Crippen LogP contribution >= 0.6 is 23.2 Å². The van der Waals surface area contributed by atoms with Gasteiger partial charge < -0.3 is 19.9 Å². The SMILES string of the molecule is CCOC(=O)c1nc([C@H](Cc2ccc(Cl)cc2)NC(=O)Nc2ccc(Cl)cc2)no1. The summed E-state index contributed by atoms with van der Waals surface area (Å²) in [6.45, 7) is 1.84. The highest BCUT2D eigenvalue weighted by atomic mass is 35.5.